The number of nitrogens with one attached hydrogen (secondary N) is 1. The van der Waals surface area contributed by atoms with Crippen molar-refractivity contribution in [3.05, 3.63) is 29.3 Å². The molecule has 0 saturated carbocycles. The lowest BCUT2D eigenvalue weighted by Crippen LogP contribution is -2.39. The molecule has 0 unspecified atom stereocenters. The molecule has 0 aromatic heterocycles. The predicted octanol–water partition coefficient (Wildman–Crippen LogP) is 2.33. The van der Waals surface area contributed by atoms with E-state index in [0.29, 0.717) is 13.2 Å². The predicted molar refractivity (Wildman–Crippen MR) is 88.9 cm³/mol. The van der Waals surface area contributed by atoms with Crippen LogP contribution in [0, 0.1) is 6.92 Å². The van der Waals surface area contributed by atoms with Gasteiger partial charge < -0.3 is 20.1 Å². The third-order valence-electron chi connectivity index (χ3n) is 3.33. The van der Waals surface area contributed by atoms with Crippen LogP contribution in [0.15, 0.2) is 18.2 Å². The summed E-state index contributed by atoms with van der Waals surface area (Å²) < 4.78 is 5.06. The Kier molecular flexibility index (Phi) is 7.15. The molecule has 0 aliphatic rings. The van der Waals surface area contributed by atoms with Crippen LogP contribution < -0.4 is 10.2 Å². The van der Waals surface area contributed by atoms with Crippen LogP contribution in [0.5, 0.6) is 0 Å². The SMILES string of the molecule is CCN(CC(C)(C)O)c1ccc(C)cc1CNCCOC. The second kappa shape index (κ2) is 8.37. The van der Waals surface area contributed by atoms with E-state index in [-0.39, 0.29) is 0 Å². The Labute approximate surface area is 129 Å². The van der Waals surface area contributed by atoms with E-state index in [4.69, 9.17) is 4.74 Å². The number of anilines is 1. The summed E-state index contributed by atoms with van der Waals surface area (Å²) in [7, 11) is 1.71. The summed E-state index contributed by atoms with van der Waals surface area (Å²) in [5.74, 6) is 0. The molecule has 0 amide bonds. The fraction of sp³-hybridized carbons (Fsp3) is 0.647. The lowest BCUT2D eigenvalue weighted by atomic mass is 10.1. The zero-order chi connectivity index (χ0) is 15.9. The van der Waals surface area contributed by atoms with Gasteiger partial charge in [-0.25, -0.2) is 0 Å². The van der Waals surface area contributed by atoms with Crippen LogP contribution in [0.2, 0.25) is 0 Å². The van der Waals surface area contributed by atoms with Crippen molar-refractivity contribution in [1.82, 2.24) is 5.32 Å². The highest BCUT2D eigenvalue weighted by Crippen LogP contribution is 2.23. The number of methoxy groups -OCH3 is 1. The Hall–Kier alpha value is -1.10. The fourth-order valence-corrected chi connectivity index (χ4v) is 2.40. The first-order valence-electron chi connectivity index (χ1n) is 7.64. The van der Waals surface area contributed by atoms with Gasteiger partial charge in [-0.2, -0.15) is 0 Å². The molecule has 2 N–H and O–H groups in total. The summed E-state index contributed by atoms with van der Waals surface area (Å²) in [6.45, 7) is 11.8. The Morgan fingerprint density at radius 2 is 2.05 bits per heavy atom. The number of aliphatic hydroxyl groups is 1. The van der Waals surface area contributed by atoms with Crippen LogP contribution in [-0.4, -0.2) is 44.1 Å². The number of rotatable bonds is 9. The summed E-state index contributed by atoms with van der Waals surface area (Å²) in [4.78, 5) is 2.23. The number of aryl methyl sites for hydroxylation is 1. The average molecular weight is 294 g/mol. The Bertz CT molecular complexity index is 427. The highest BCUT2D eigenvalue weighted by molar-refractivity contribution is 5.55. The van der Waals surface area contributed by atoms with Crippen molar-refractivity contribution >= 4 is 5.69 Å². The summed E-state index contributed by atoms with van der Waals surface area (Å²) in [6, 6.07) is 6.49. The molecule has 4 heteroatoms. The molecule has 0 aliphatic heterocycles. The Morgan fingerprint density at radius 3 is 2.62 bits per heavy atom. The van der Waals surface area contributed by atoms with Crippen molar-refractivity contribution in [2.75, 3.05) is 38.3 Å². The molecular formula is C17H30N2O2. The van der Waals surface area contributed by atoms with Crippen LogP contribution >= 0.6 is 0 Å². The van der Waals surface area contributed by atoms with E-state index in [1.165, 1.54) is 16.8 Å². The molecule has 0 saturated heterocycles. The van der Waals surface area contributed by atoms with Gasteiger partial charge in [0.1, 0.15) is 0 Å². The molecule has 0 fully saturated rings. The molecule has 0 heterocycles. The molecule has 120 valence electrons. The summed E-state index contributed by atoms with van der Waals surface area (Å²) >= 11 is 0. The first-order valence-corrected chi connectivity index (χ1v) is 7.64. The molecule has 0 bridgehead atoms. The Morgan fingerprint density at radius 1 is 1.33 bits per heavy atom. The van der Waals surface area contributed by atoms with E-state index >= 15 is 0 Å². The van der Waals surface area contributed by atoms with Crippen LogP contribution in [0.25, 0.3) is 0 Å². The van der Waals surface area contributed by atoms with Crippen LogP contribution in [0.3, 0.4) is 0 Å². The topological polar surface area (TPSA) is 44.7 Å². The van der Waals surface area contributed by atoms with Crippen molar-refractivity contribution < 1.29 is 9.84 Å². The van der Waals surface area contributed by atoms with Crippen molar-refractivity contribution in [3.63, 3.8) is 0 Å². The Balaban J connectivity index is 2.87. The fourth-order valence-electron chi connectivity index (χ4n) is 2.40. The maximum atomic E-state index is 10.1. The van der Waals surface area contributed by atoms with Gasteiger partial charge in [-0.3, -0.25) is 0 Å². The molecule has 4 nitrogen and oxygen atoms in total. The zero-order valence-electron chi connectivity index (χ0n) is 14.1. The summed E-state index contributed by atoms with van der Waals surface area (Å²) in [6.07, 6.45) is 0. The van der Waals surface area contributed by atoms with Gasteiger partial charge in [-0.05, 0) is 39.3 Å². The van der Waals surface area contributed by atoms with Gasteiger partial charge in [0.2, 0.25) is 0 Å². The first kappa shape index (κ1) is 18.0. The minimum absolute atomic E-state index is 0.623. The van der Waals surface area contributed by atoms with E-state index in [1.54, 1.807) is 7.11 Å². The minimum atomic E-state index is -0.707. The lowest BCUT2D eigenvalue weighted by molar-refractivity contribution is 0.0875. The third kappa shape index (κ3) is 6.46. The third-order valence-corrected chi connectivity index (χ3v) is 3.33. The summed E-state index contributed by atoms with van der Waals surface area (Å²) in [5.41, 5.74) is 3.00. The minimum Gasteiger partial charge on any atom is -0.389 e. The van der Waals surface area contributed by atoms with Gasteiger partial charge in [0, 0.05) is 39.0 Å². The largest absolute Gasteiger partial charge is 0.389 e. The number of benzene rings is 1. The number of hydrogen-bond donors (Lipinski definition) is 2. The molecule has 0 atom stereocenters. The van der Waals surface area contributed by atoms with Crippen LogP contribution in [0.4, 0.5) is 5.69 Å². The molecule has 1 aromatic rings. The molecule has 0 spiro atoms. The standard InChI is InChI=1S/C17H30N2O2/c1-6-19(13-17(3,4)20)16-8-7-14(2)11-15(16)12-18-9-10-21-5/h7-8,11,18,20H,6,9-10,12-13H2,1-5H3. The zero-order valence-corrected chi connectivity index (χ0v) is 14.1. The number of ether oxygens (including phenoxy) is 1. The maximum Gasteiger partial charge on any atom is 0.0765 e. The molecule has 1 rings (SSSR count). The number of hydrogen-bond acceptors (Lipinski definition) is 4. The number of nitrogens with zero attached hydrogens (tertiary/aromatic N) is 1. The van der Waals surface area contributed by atoms with Crippen molar-refractivity contribution in [1.29, 1.82) is 0 Å². The van der Waals surface area contributed by atoms with Gasteiger partial charge in [-0.1, -0.05) is 17.7 Å². The average Bonchev–Trinajstić information content (AvgIpc) is 2.40. The quantitative estimate of drug-likeness (QED) is 0.686. The van der Waals surface area contributed by atoms with Gasteiger partial charge >= 0.3 is 0 Å². The van der Waals surface area contributed by atoms with Crippen LogP contribution in [0.1, 0.15) is 31.9 Å². The van der Waals surface area contributed by atoms with E-state index in [9.17, 15) is 5.11 Å². The van der Waals surface area contributed by atoms with Gasteiger partial charge in [0.05, 0.1) is 12.2 Å². The smallest absolute Gasteiger partial charge is 0.0765 e. The lowest BCUT2D eigenvalue weighted by Gasteiger charge is -2.31. The maximum absolute atomic E-state index is 10.1. The van der Waals surface area contributed by atoms with E-state index in [1.807, 2.05) is 13.8 Å². The normalized spacial score (nSPS) is 11.7. The van der Waals surface area contributed by atoms with Crippen molar-refractivity contribution in [3.8, 4) is 0 Å². The van der Waals surface area contributed by atoms with E-state index in [2.05, 4.69) is 42.3 Å². The molecule has 21 heavy (non-hydrogen) atoms. The van der Waals surface area contributed by atoms with Crippen molar-refractivity contribution in [2.45, 2.75) is 39.8 Å². The van der Waals surface area contributed by atoms with Gasteiger partial charge in [0.25, 0.3) is 0 Å². The molecule has 0 aliphatic carbocycles. The summed E-state index contributed by atoms with van der Waals surface area (Å²) in [5, 5.41) is 13.5. The van der Waals surface area contributed by atoms with E-state index < -0.39 is 5.60 Å². The van der Waals surface area contributed by atoms with Gasteiger partial charge in [-0.15, -0.1) is 0 Å². The highest BCUT2D eigenvalue weighted by atomic mass is 16.5. The second-order valence-electron chi connectivity index (χ2n) is 6.13. The molecular weight excluding hydrogens is 264 g/mol. The van der Waals surface area contributed by atoms with Crippen LogP contribution in [-0.2, 0) is 11.3 Å². The van der Waals surface area contributed by atoms with Gasteiger partial charge in [0.15, 0.2) is 0 Å². The molecule has 0 radical (unpaired) electrons. The second-order valence-corrected chi connectivity index (χ2v) is 6.13. The molecule has 1 aromatic carbocycles. The van der Waals surface area contributed by atoms with E-state index in [0.717, 1.165) is 19.6 Å². The highest BCUT2D eigenvalue weighted by Gasteiger charge is 2.19. The number of likely N-dealkylation sites (N-methyl/N-ethyl adjacent to an activating group) is 1. The van der Waals surface area contributed by atoms with Crippen molar-refractivity contribution in [2.24, 2.45) is 0 Å². The first-order chi connectivity index (χ1) is 9.87. The monoisotopic (exact) mass is 294 g/mol.